The highest BCUT2D eigenvalue weighted by molar-refractivity contribution is 5.80. The molecule has 1 aromatic heterocycles. The lowest BCUT2D eigenvalue weighted by Gasteiger charge is -2.32. The van der Waals surface area contributed by atoms with Gasteiger partial charge >= 0.3 is 6.09 Å². The molecule has 0 bridgehead atoms. The van der Waals surface area contributed by atoms with Crippen LogP contribution in [0.5, 0.6) is 0 Å². The number of aliphatic imine (C=N–C) groups is 1. The molecule has 3 rings (SSSR count). The Morgan fingerprint density at radius 3 is 2.79 bits per heavy atom. The molecule has 9 heteroatoms. The van der Waals surface area contributed by atoms with Gasteiger partial charge in [0.2, 0.25) is 0 Å². The normalized spacial score (nSPS) is 18.1. The topological polar surface area (TPSA) is 96.7 Å². The first kappa shape index (κ1) is 21.4. The first-order chi connectivity index (χ1) is 14.2. The average molecular weight is 406 g/mol. The van der Waals surface area contributed by atoms with Crippen molar-refractivity contribution in [3.63, 3.8) is 0 Å². The molecule has 9 nitrogen and oxygen atoms in total. The zero-order valence-corrected chi connectivity index (χ0v) is 17.8. The van der Waals surface area contributed by atoms with Crippen molar-refractivity contribution in [1.82, 2.24) is 30.3 Å². The maximum Gasteiger partial charge on any atom is 0.409 e. The largest absolute Gasteiger partial charge is 0.453 e. The van der Waals surface area contributed by atoms with Gasteiger partial charge in [-0.2, -0.15) is 0 Å². The summed E-state index contributed by atoms with van der Waals surface area (Å²) < 4.78 is 7.12. The second kappa shape index (κ2) is 11.0. The molecule has 2 aliphatic rings. The van der Waals surface area contributed by atoms with Crippen molar-refractivity contribution in [2.75, 3.05) is 33.3 Å². The van der Waals surface area contributed by atoms with Crippen LogP contribution in [0.1, 0.15) is 57.1 Å². The van der Waals surface area contributed by atoms with Crippen molar-refractivity contribution < 1.29 is 9.53 Å². The van der Waals surface area contributed by atoms with Crippen LogP contribution >= 0.6 is 0 Å². The van der Waals surface area contributed by atoms with E-state index in [1.807, 2.05) is 0 Å². The number of nitrogens with one attached hydrogen (secondary N) is 2. The Morgan fingerprint density at radius 2 is 2.03 bits per heavy atom. The highest BCUT2D eigenvalue weighted by Crippen LogP contribution is 2.15. The predicted molar refractivity (Wildman–Crippen MR) is 112 cm³/mol. The van der Waals surface area contributed by atoms with Gasteiger partial charge in [-0.1, -0.05) is 6.42 Å². The van der Waals surface area contributed by atoms with Gasteiger partial charge in [0, 0.05) is 51.6 Å². The Hall–Kier alpha value is -2.32. The fourth-order valence-electron chi connectivity index (χ4n) is 4.01. The summed E-state index contributed by atoms with van der Waals surface area (Å²) >= 11 is 0. The summed E-state index contributed by atoms with van der Waals surface area (Å²) in [6.45, 7) is 6.12. The minimum absolute atomic E-state index is 0.240. The van der Waals surface area contributed by atoms with Crippen molar-refractivity contribution in [3.8, 4) is 0 Å². The van der Waals surface area contributed by atoms with E-state index in [1.54, 1.807) is 4.90 Å². The van der Waals surface area contributed by atoms with E-state index in [0.29, 0.717) is 19.1 Å². The summed E-state index contributed by atoms with van der Waals surface area (Å²) in [7, 11) is 1.43. The summed E-state index contributed by atoms with van der Waals surface area (Å²) in [5.74, 6) is 3.10. The molecule has 0 aromatic carbocycles. The third-order valence-corrected chi connectivity index (χ3v) is 5.63. The van der Waals surface area contributed by atoms with E-state index in [0.717, 1.165) is 69.3 Å². The third-order valence-electron chi connectivity index (χ3n) is 5.63. The molecule has 0 unspecified atom stereocenters. The fraction of sp³-hybridized carbons (Fsp3) is 0.800. The fourth-order valence-corrected chi connectivity index (χ4v) is 4.01. The number of hydrogen-bond acceptors (Lipinski definition) is 5. The smallest absolute Gasteiger partial charge is 0.409 e. The van der Waals surface area contributed by atoms with Gasteiger partial charge in [0.25, 0.3) is 0 Å². The quantitative estimate of drug-likeness (QED) is 0.425. The van der Waals surface area contributed by atoms with Crippen LogP contribution in [0.2, 0.25) is 0 Å². The zero-order valence-electron chi connectivity index (χ0n) is 17.8. The van der Waals surface area contributed by atoms with Crippen LogP contribution in [0, 0.1) is 0 Å². The minimum Gasteiger partial charge on any atom is -0.453 e. The van der Waals surface area contributed by atoms with E-state index >= 15 is 0 Å². The maximum absolute atomic E-state index is 11.6. The number of hydrogen-bond donors (Lipinski definition) is 2. The number of aryl methyl sites for hydroxylation is 2. The van der Waals surface area contributed by atoms with Crippen LogP contribution in [-0.2, 0) is 24.1 Å². The van der Waals surface area contributed by atoms with Crippen molar-refractivity contribution >= 4 is 12.1 Å². The molecule has 29 heavy (non-hydrogen) atoms. The molecule has 0 saturated carbocycles. The SMILES string of the molecule is CCNC(=NCCCc1nnc2n1CCCCC2)NC1CCN(C(=O)OC)CC1. The molecule has 1 amide bonds. The van der Waals surface area contributed by atoms with Crippen LogP contribution in [0.3, 0.4) is 0 Å². The van der Waals surface area contributed by atoms with Crippen molar-refractivity contribution in [2.45, 2.75) is 70.9 Å². The van der Waals surface area contributed by atoms with Crippen LogP contribution in [0.25, 0.3) is 0 Å². The molecule has 1 aromatic rings. The molecular formula is C20H35N7O2. The summed E-state index contributed by atoms with van der Waals surface area (Å²) in [6.07, 6.45) is 8.19. The van der Waals surface area contributed by atoms with E-state index in [-0.39, 0.29) is 6.09 Å². The Morgan fingerprint density at radius 1 is 1.21 bits per heavy atom. The monoisotopic (exact) mass is 405 g/mol. The molecule has 162 valence electrons. The van der Waals surface area contributed by atoms with Gasteiger partial charge in [-0.05, 0) is 39.0 Å². The number of carbonyl (C=O) groups is 1. The lowest BCUT2D eigenvalue weighted by molar-refractivity contribution is 0.111. The lowest BCUT2D eigenvalue weighted by Crippen LogP contribution is -2.49. The molecule has 3 heterocycles. The van der Waals surface area contributed by atoms with Crippen LogP contribution in [0.4, 0.5) is 4.79 Å². The number of likely N-dealkylation sites (tertiary alicyclic amines) is 1. The van der Waals surface area contributed by atoms with Gasteiger partial charge in [0.05, 0.1) is 7.11 Å². The van der Waals surface area contributed by atoms with Gasteiger partial charge < -0.3 is 24.8 Å². The molecule has 0 spiro atoms. The van der Waals surface area contributed by atoms with Gasteiger partial charge in [0.15, 0.2) is 5.96 Å². The molecule has 1 fully saturated rings. The Kier molecular flexibility index (Phi) is 8.13. The average Bonchev–Trinajstić information content (AvgIpc) is 2.97. The Labute approximate surface area is 173 Å². The van der Waals surface area contributed by atoms with E-state index in [4.69, 9.17) is 9.73 Å². The summed E-state index contributed by atoms with van der Waals surface area (Å²) in [6, 6.07) is 0.320. The summed E-state index contributed by atoms with van der Waals surface area (Å²) in [5.41, 5.74) is 0. The minimum atomic E-state index is -0.240. The number of rotatable bonds is 6. The van der Waals surface area contributed by atoms with Crippen molar-refractivity contribution in [1.29, 1.82) is 0 Å². The van der Waals surface area contributed by atoms with Gasteiger partial charge in [-0.3, -0.25) is 4.99 Å². The van der Waals surface area contributed by atoms with E-state index < -0.39 is 0 Å². The molecule has 2 N–H and O–H groups in total. The standard InChI is InChI=1S/C20H35N7O2/c1-3-21-19(23-16-10-14-26(15-11-16)20(28)29-2)22-12-7-9-18-25-24-17-8-5-4-6-13-27(17)18/h16H,3-15H2,1-2H3,(H2,21,22,23). The number of amides is 1. The predicted octanol–water partition coefficient (Wildman–Crippen LogP) is 1.72. The third kappa shape index (κ3) is 6.08. The molecular weight excluding hydrogens is 370 g/mol. The van der Waals surface area contributed by atoms with E-state index in [2.05, 4.69) is 32.3 Å². The lowest BCUT2D eigenvalue weighted by atomic mass is 10.1. The highest BCUT2D eigenvalue weighted by Gasteiger charge is 2.23. The van der Waals surface area contributed by atoms with Crippen LogP contribution in [0.15, 0.2) is 4.99 Å². The number of carbonyl (C=O) groups excluding carboxylic acids is 1. The first-order valence-corrected chi connectivity index (χ1v) is 11.0. The Bertz CT molecular complexity index is 680. The number of guanidine groups is 1. The summed E-state index contributed by atoms with van der Waals surface area (Å²) in [4.78, 5) is 18.1. The van der Waals surface area contributed by atoms with Crippen LogP contribution < -0.4 is 10.6 Å². The molecule has 0 aliphatic carbocycles. The van der Waals surface area contributed by atoms with Crippen molar-refractivity contribution in [3.05, 3.63) is 11.6 Å². The number of aromatic nitrogens is 3. The maximum atomic E-state index is 11.6. The second-order valence-corrected chi connectivity index (χ2v) is 7.73. The highest BCUT2D eigenvalue weighted by atomic mass is 16.5. The zero-order chi connectivity index (χ0) is 20.5. The number of piperidine rings is 1. The van der Waals surface area contributed by atoms with Gasteiger partial charge in [-0.25, -0.2) is 4.79 Å². The van der Waals surface area contributed by atoms with Crippen molar-refractivity contribution in [2.24, 2.45) is 4.99 Å². The molecule has 0 radical (unpaired) electrons. The van der Waals surface area contributed by atoms with Gasteiger partial charge in [-0.15, -0.1) is 10.2 Å². The van der Waals surface area contributed by atoms with Crippen LogP contribution in [-0.4, -0.2) is 71.0 Å². The molecule has 2 aliphatic heterocycles. The molecule has 0 atom stereocenters. The summed E-state index contributed by atoms with van der Waals surface area (Å²) in [5, 5.41) is 15.6. The van der Waals surface area contributed by atoms with E-state index in [9.17, 15) is 4.79 Å². The molecule has 1 saturated heterocycles. The van der Waals surface area contributed by atoms with E-state index in [1.165, 1.54) is 26.4 Å². The second-order valence-electron chi connectivity index (χ2n) is 7.73. The first-order valence-electron chi connectivity index (χ1n) is 11.0. The number of ether oxygens (including phenoxy) is 1. The van der Waals surface area contributed by atoms with Gasteiger partial charge in [0.1, 0.15) is 11.6 Å². The number of fused-ring (bicyclic) bond motifs is 1. The Balaban J connectivity index is 1.45. The number of methoxy groups -OCH3 is 1. The number of nitrogens with zero attached hydrogens (tertiary/aromatic N) is 5.